The molecule has 0 N–H and O–H groups in total. The van der Waals surface area contributed by atoms with Gasteiger partial charge in [-0.15, -0.1) is 0 Å². The molecule has 0 atom stereocenters. The molecular formula is C5H11V+. The van der Waals surface area contributed by atoms with Crippen molar-refractivity contribution in [2.45, 2.75) is 26.7 Å². The molecule has 0 rings (SSSR count). The van der Waals surface area contributed by atoms with Crippen LogP contribution in [0.2, 0.25) is 0 Å². The van der Waals surface area contributed by atoms with Crippen molar-refractivity contribution in [2.75, 3.05) is 0 Å². The molecule has 0 spiro atoms. The van der Waals surface area contributed by atoms with Crippen molar-refractivity contribution in [2.24, 2.45) is 0 Å². The average Bonchev–Trinajstić information content (AvgIpc) is 1.41. The molecule has 0 saturated heterocycles. The first-order valence-corrected chi connectivity index (χ1v) is 2.19. The van der Waals surface area contributed by atoms with Gasteiger partial charge in [-0.05, 0) is 0 Å². The number of unbranched alkanes of at least 4 members (excludes halogenated alkanes) is 2. The Bertz CT molecular complexity index is 11.4. The molecule has 6 heavy (non-hydrogen) atoms. The van der Waals surface area contributed by atoms with Gasteiger partial charge in [0.15, 0.2) is 0 Å². The van der Waals surface area contributed by atoms with E-state index in [1.54, 1.807) is 0 Å². The molecule has 0 aliphatic rings. The zero-order valence-electron chi connectivity index (χ0n) is 4.44. The van der Waals surface area contributed by atoms with E-state index in [4.69, 9.17) is 0 Å². The van der Waals surface area contributed by atoms with Gasteiger partial charge in [-0.3, -0.25) is 0 Å². The molecule has 0 aliphatic heterocycles. The Kier molecular flexibility index (Phi) is 14.9. The summed E-state index contributed by atoms with van der Waals surface area (Å²) < 4.78 is 0. The number of rotatable bonds is 2. The van der Waals surface area contributed by atoms with Gasteiger partial charge in [-0.1, -0.05) is 13.3 Å². The average molecular weight is 122 g/mol. The van der Waals surface area contributed by atoms with Crippen LogP contribution < -0.4 is 0 Å². The first-order chi connectivity index (χ1) is 2.41. The van der Waals surface area contributed by atoms with Crippen LogP contribution in [0.3, 0.4) is 0 Å². The largest absolute Gasteiger partial charge is 2.00 e. The minimum Gasteiger partial charge on any atom is -0.332 e. The molecule has 0 heterocycles. The third kappa shape index (κ3) is 8.82. The summed E-state index contributed by atoms with van der Waals surface area (Å²) >= 11 is 0. The summed E-state index contributed by atoms with van der Waals surface area (Å²) in [4.78, 5) is 0. The van der Waals surface area contributed by atoms with E-state index in [1.165, 1.54) is 12.8 Å². The first kappa shape index (κ1) is 9.77. The Morgan fingerprint density at radius 2 is 2.00 bits per heavy atom. The summed E-state index contributed by atoms with van der Waals surface area (Å²) in [5, 5.41) is 0. The molecule has 0 saturated carbocycles. The van der Waals surface area contributed by atoms with Crippen molar-refractivity contribution < 1.29 is 18.6 Å². The number of hydrogen-bond donors (Lipinski definition) is 0. The van der Waals surface area contributed by atoms with Gasteiger partial charge in [0.2, 0.25) is 0 Å². The zero-order chi connectivity index (χ0) is 4.12. The van der Waals surface area contributed by atoms with E-state index in [0.717, 1.165) is 0 Å². The molecular weight excluding hydrogens is 111 g/mol. The maximum absolute atomic E-state index is 2.18. The van der Waals surface area contributed by atoms with Gasteiger partial charge in [0.05, 0.1) is 0 Å². The molecule has 0 aromatic heterocycles. The molecule has 0 nitrogen and oxygen atoms in total. The van der Waals surface area contributed by atoms with E-state index in [9.17, 15) is 0 Å². The Labute approximate surface area is 52.2 Å². The van der Waals surface area contributed by atoms with E-state index in [2.05, 4.69) is 20.3 Å². The van der Waals surface area contributed by atoms with Gasteiger partial charge >= 0.3 is 18.6 Å². The Morgan fingerprint density at radius 1 is 1.50 bits per heavy atom. The van der Waals surface area contributed by atoms with Gasteiger partial charge in [-0.25, -0.2) is 0 Å². The van der Waals surface area contributed by atoms with Crippen LogP contribution in [0, 0.1) is 6.42 Å². The fourth-order valence-electron chi connectivity index (χ4n) is 0.289. The molecule has 1 radical (unpaired) electrons. The van der Waals surface area contributed by atoms with Crippen molar-refractivity contribution in [3.8, 4) is 0 Å². The van der Waals surface area contributed by atoms with E-state index in [0.29, 0.717) is 0 Å². The molecule has 0 amide bonds. The van der Waals surface area contributed by atoms with Crippen LogP contribution in [-0.2, 0) is 18.6 Å². The van der Waals surface area contributed by atoms with Crippen LogP contribution in [0.25, 0.3) is 0 Å². The van der Waals surface area contributed by atoms with Crippen molar-refractivity contribution in [3.05, 3.63) is 6.42 Å². The Balaban J connectivity index is 0. The summed E-state index contributed by atoms with van der Waals surface area (Å²) in [6, 6.07) is 0. The van der Waals surface area contributed by atoms with Gasteiger partial charge in [0.1, 0.15) is 0 Å². The van der Waals surface area contributed by atoms with E-state index < -0.39 is 0 Å². The van der Waals surface area contributed by atoms with Crippen LogP contribution in [0.4, 0.5) is 0 Å². The minimum atomic E-state index is 0. The fourth-order valence-corrected chi connectivity index (χ4v) is 0.289. The second kappa shape index (κ2) is 9.14. The predicted molar refractivity (Wildman–Crippen MR) is 24.9 cm³/mol. The molecule has 1 heteroatoms. The molecule has 0 bridgehead atoms. The second-order valence-electron chi connectivity index (χ2n) is 1.20. The van der Waals surface area contributed by atoms with E-state index >= 15 is 0 Å². The fraction of sp³-hybridized carbons (Fsp3) is 0.800. The standard InChI is InChI=1S/C5H11.V/c1-3-5-4-2;/h3H,4-5H2,1-2H3;/q-1;+2. The van der Waals surface area contributed by atoms with Crippen LogP contribution in [0.5, 0.6) is 0 Å². The molecule has 0 aromatic carbocycles. The maximum atomic E-state index is 2.18. The third-order valence-electron chi connectivity index (χ3n) is 0.577. The summed E-state index contributed by atoms with van der Waals surface area (Å²) in [6.07, 6.45) is 4.73. The van der Waals surface area contributed by atoms with E-state index in [-0.39, 0.29) is 18.6 Å². The molecule has 35 valence electrons. The van der Waals surface area contributed by atoms with Gasteiger partial charge in [0.25, 0.3) is 0 Å². The smallest absolute Gasteiger partial charge is 0.332 e. The van der Waals surface area contributed by atoms with Crippen molar-refractivity contribution >= 4 is 0 Å². The van der Waals surface area contributed by atoms with Crippen molar-refractivity contribution in [3.63, 3.8) is 0 Å². The second-order valence-corrected chi connectivity index (χ2v) is 1.20. The quantitative estimate of drug-likeness (QED) is 0.491. The Hall–Kier alpha value is 0.584. The van der Waals surface area contributed by atoms with Crippen LogP contribution in [0.1, 0.15) is 26.7 Å². The molecule has 0 aliphatic carbocycles. The van der Waals surface area contributed by atoms with E-state index in [1.807, 2.05) is 0 Å². The Morgan fingerprint density at radius 3 is 2.00 bits per heavy atom. The summed E-state index contributed by atoms with van der Waals surface area (Å²) in [7, 11) is 0. The van der Waals surface area contributed by atoms with Crippen LogP contribution >= 0.6 is 0 Å². The molecule has 0 unspecified atom stereocenters. The van der Waals surface area contributed by atoms with Gasteiger partial charge in [-0.2, -0.15) is 13.3 Å². The van der Waals surface area contributed by atoms with Crippen molar-refractivity contribution in [1.29, 1.82) is 0 Å². The van der Waals surface area contributed by atoms with Crippen LogP contribution in [-0.4, -0.2) is 0 Å². The van der Waals surface area contributed by atoms with Gasteiger partial charge < -0.3 is 6.42 Å². The number of hydrogen-bond acceptors (Lipinski definition) is 0. The summed E-state index contributed by atoms with van der Waals surface area (Å²) in [6.45, 7) is 4.27. The zero-order valence-corrected chi connectivity index (χ0v) is 5.84. The SMILES string of the molecule is C[CH-]CCC.[V+2]. The topological polar surface area (TPSA) is 0 Å². The normalized spacial score (nSPS) is 7.00. The molecule has 0 aromatic rings. The summed E-state index contributed by atoms with van der Waals surface area (Å²) in [5.74, 6) is 0. The first-order valence-electron chi connectivity index (χ1n) is 2.19. The monoisotopic (exact) mass is 122 g/mol. The van der Waals surface area contributed by atoms with Crippen LogP contribution in [0.15, 0.2) is 0 Å². The van der Waals surface area contributed by atoms with Crippen molar-refractivity contribution in [1.82, 2.24) is 0 Å². The minimum absolute atomic E-state index is 0. The third-order valence-corrected chi connectivity index (χ3v) is 0.577. The molecule has 0 fully saturated rings. The van der Waals surface area contributed by atoms with Gasteiger partial charge in [0, 0.05) is 0 Å². The maximum Gasteiger partial charge on any atom is 2.00 e. The predicted octanol–water partition coefficient (Wildman–Crippen LogP) is 2.01. The summed E-state index contributed by atoms with van der Waals surface area (Å²) in [5.41, 5.74) is 0.